The Kier molecular flexibility index (Phi) is 7.35. The highest BCUT2D eigenvalue weighted by atomic mass is 32.2. The molecule has 32 heavy (non-hydrogen) atoms. The van der Waals surface area contributed by atoms with E-state index in [1.807, 2.05) is 19.9 Å². The third-order valence-electron chi connectivity index (χ3n) is 4.52. The van der Waals surface area contributed by atoms with Crippen molar-refractivity contribution in [3.8, 4) is 22.1 Å². The van der Waals surface area contributed by atoms with Crippen LogP contribution >= 0.6 is 23.1 Å². The number of rotatable bonds is 8. The molecule has 0 amide bonds. The number of nitrogens with zero attached hydrogens (tertiary/aromatic N) is 1. The zero-order valence-electron chi connectivity index (χ0n) is 17.4. The lowest BCUT2D eigenvalue weighted by Gasteiger charge is -2.13. The van der Waals surface area contributed by atoms with E-state index in [1.54, 1.807) is 6.07 Å². The fourth-order valence-corrected chi connectivity index (χ4v) is 5.16. The van der Waals surface area contributed by atoms with E-state index in [9.17, 15) is 18.0 Å². The summed E-state index contributed by atoms with van der Waals surface area (Å²) >= 11 is 2.96. The Balaban J connectivity index is 1.76. The fraction of sp³-hybridized carbons (Fsp3) is 0.273. The van der Waals surface area contributed by atoms with Crippen LogP contribution in [0.2, 0.25) is 0 Å². The molecule has 5 nitrogen and oxygen atoms in total. The van der Waals surface area contributed by atoms with Crippen LogP contribution in [0.4, 0.5) is 13.2 Å². The van der Waals surface area contributed by atoms with Crippen molar-refractivity contribution in [3.05, 3.63) is 58.1 Å². The SMILES string of the molecule is COc1cc(OCC(=O)O)c(C)cc1SCc1sc(-c2ccc(C(F)(F)F)cc2)nc1C. The number of halogens is 3. The van der Waals surface area contributed by atoms with E-state index in [0.29, 0.717) is 27.8 Å². The van der Waals surface area contributed by atoms with Crippen molar-refractivity contribution in [1.29, 1.82) is 0 Å². The Labute approximate surface area is 191 Å². The van der Waals surface area contributed by atoms with Crippen molar-refractivity contribution < 1.29 is 32.5 Å². The van der Waals surface area contributed by atoms with Crippen molar-refractivity contribution >= 4 is 29.1 Å². The van der Waals surface area contributed by atoms with Gasteiger partial charge in [-0.25, -0.2) is 9.78 Å². The summed E-state index contributed by atoms with van der Waals surface area (Å²) < 4.78 is 49.1. The minimum atomic E-state index is -4.37. The molecular weight excluding hydrogens is 463 g/mol. The lowest BCUT2D eigenvalue weighted by molar-refractivity contribution is -0.139. The predicted octanol–water partition coefficient (Wildman–Crippen LogP) is 6.21. The minimum absolute atomic E-state index is 0.437. The van der Waals surface area contributed by atoms with E-state index in [0.717, 1.165) is 33.2 Å². The van der Waals surface area contributed by atoms with E-state index in [-0.39, 0.29) is 0 Å². The monoisotopic (exact) mass is 483 g/mol. The van der Waals surface area contributed by atoms with Crippen LogP contribution in [-0.4, -0.2) is 29.8 Å². The molecule has 0 radical (unpaired) electrons. The molecule has 0 saturated carbocycles. The molecule has 1 N–H and O–H groups in total. The summed E-state index contributed by atoms with van der Waals surface area (Å²) in [4.78, 5) is 17.1. The van der Waals surface area contributed by atoms with E-state index in [2.05, 4.69) is 4.98 Å². The van der Waals surface area contributed by atoms with Crippen LogP contribution < -0.4 is 9.47 Å². The number of hydrogen-bond donors (Lipinski definition) is 1. The topological polar surface area (TPSA) is 68.7 Å². The van der Waals surface area contributed by atoms with E-state index in [1.165, 1.54) is 42.3 Å². The number of ether oxygens (including phenoxy) is 2. The first-order chi connectivity index (χ1) is 15.1. The van der Waals surface area contributed by atoms with Gasteiger partial charge >= 0.3 is 12.1 Å². The van der Waals surface area contributed by atoms with E-state index < -0.39 is 24.3 Å². The molecule has 0 aliphatic carbocycles. The number of thioether (sulfide) groups is 1. The van der Waals surface area contributed by atoms with Crippen LogP contribution in [0.15, 0.2) is 41.3 Å². The van der Waals surface area contributed by atoms with Gasteiger partial charge in [-0.2, -0.15) is 13.2 Å². The third-order valence-corrected chi connectivity index (χ3v) is 6.98. The van der Waals surface area contributed by atoms with Gasteiger partial charge in [0, 0.05) is 22.3 Å². The predicted molar refractivity (Wildman–Crippen MR) is 118 cm³/mol. The zero-order valence-corrected chi connectivity index (χ0v) is 19.1. The third kappa shape index (κ3) is 5.74. The fourth-order valence-electron chi connectivity index (χ4n) is 2.84. The largest absolute Gasteiger partial charge is 0.495 e. The smallest absolute Gasteiger partial charge is 0.416 e. The van der Waals surface area contributed by atoms with Gasteiger partial charge in [0.05, 0.1) is 23.3 Å². The first-order valence-electron chi connectivity index (χ1n) is 9.38. The number of carboxylic acid groups (broad SMARTS) is 1. The van der Waals surface area contributed by atoms with Crippen LogP contribution in [-0.2, 0) is 16.7 Å². The van der Waals surface area contributed by atoms with E-state index >= 15 is 0 Å². The van der Waals surface area contributed by atoms with Gasteiger partial charge in [0.15, 0.2) is 6.61 Å². The Morgan fingerprint density at radius 2 is 1.84 bits per heavy atom. The van der Waals surface area contributed by atoms with Gasteiger partial charge in [-0.3, -0.25) is 0 Å². The van der Waals surface area contributed by atoms with Crippen molar-refractivity contribution in [2.45, 2.75) is 30.7 Å². The molecule has 2 aromatic carbocycles. The summed E-state index contributed by atoms with van der Waals surface area (Å²) in [6, 6.07) is 8.51. The summed E-state index contributed by atoms with van der Waals surface area (Å²) in [5, 5.41) is 9.46. The molecule has 1 heterocycles. The Morgan fingerprint density at radius 3 is 2.44 bits per heavy atom. The molecule has 10 heteroatoms. The number of aliphatic carboxylic acids is 1. The number of thiazole rings is 1. The van der Waals surface area contributed by atoms with E-state index in [4.69, 9.17) is 14.6 Å². The Bertz CT molecular complexity index is 1110. The maximum Gasteiger partial charge on any atom is 0.416 e. The summed E-state index contributed by atoms with van der Waals surface area (Å²) in [5.74, 6) is 0.527. The highest BCUT2D eigenvalue weighted by Crippen LogP contribution is 2.39. The second-order valence-corrected chi connectivity index (χ2v) is 8.94. The first-order valence-corrected chi connectivity index (χ1v) is 11.2. The van der Waals surface area contributed by atoms with Gasteiger partial charge in [0.25, 0.3) is 0 Å². The Hall–Kier alpha value is -2.72. The quantitative estimate of drug-likeness (QED) is 0.384. The average Bonchev–Trinajstić information content (AvgIpc) is 3.11. The van der Waals surface area contributed by atoms with Crippen molar-refractivity contribution in [2.24, 2.45) is 0 Å². The molecule has 0 unspecified atom stereocenters. The number of carboxylic acids is 1. The summed E-state index contributed by atoms with van der Waals surface area (Å²) in [6.07, 6.45) is -4.37. The van der Waals surface area contributed by atoms with Crippen LogP contribution in [0.5, 0.6) is 11.5 Å². The van der Waals surface area contributed by atoms with Crippen LogP contribution in [0.3, 0.4) is 0 Å². The molecule has 3 rings (SSSR count). The molecule has 0 aliphatic heterocycles. The van der Waals surface area contributed by atoms with Gasteiger partial charge in [-0.15, -0.1) is 23.1 Å². The average molecular weight is 484 g/mol. The molecule has 0 aliphatic rings. The summed E-state index contributed by atoms with van der Waals surface area (Å²) in [6.45, 7) is 3.25. The summed E-state index contributed by atoms with van der Waals surface area (Å²) in [5.41, 5.74) is 1.54. The van der Waals surface area contributed by atoms with Gasteiger partial charge in [0.2, 0.25) is 0 Å². The van der Waals surface area contributed by atoms with Crippen LogP contribution in [0.25, 0.3) is 10.6 Å². The van der Waals surface area contributed by atoms with Gasteiger partial charge in [0.1, 0.15) is 16.5 Å². The second-order valence-electron chi connectivity index (χ2n) is 6.84. The molecule has 3 aromatic rings. The number of aromatic nitrogens is 1. The van der Waals surface area contributed by atoms with Gasteiger partial charge in [-0.1, -0.05) is 12.1 Å². The highest BCUT2D eigenvalue weighted by Gasteiger charge is 2.30. The van der Waals surface area contributed by atoms with Crippen LogP contribution in [0.1, 0.15) is 21.7 Å². The van der Waals surface area contributed by atoms with Gasteiger partial charge in [-0.05, 0) is 37.6 Å². The van der Waals surface area contributed by atoms with Crippen molar-refractivity contribution in [1.82, 2.24) is 4.98 Å². The number of benzene rings is 2. The molecule has 0 spiro atoms. The number of carbonyl (C=O) groups is 1. The molecule has 0 saturated heterocycles. The molecule has 0 fully saturated rings. The normalized spacial score (nSPS) is 11.4. The van der Waals surface area contributed by atoms with Crippen molar-refractivity contribution in [2.75, 3.05) is 13.7 Å². The number of aryl methyl sites for hydroxylation is 2. The minimum Gasteiger partial charge on any atom is -0.495 e. The molecule has 0 atom stereocenters. The number of hydrogen-bond acceptors (Lipinski definition) is 6. The molecule has 0 bridgehead atoms. The zero-order chi connectivity index (χ0) is 23.5. The Morgan fingerprint density at radius 1 is 1.16 bits per heavy atom. The summed E-state index contributed by atoms with van der Waals surface area (Å²) in [7, 11) is 1.52. The lowest BCUT2D eigenvalue weighted by Crippen LogP contribution is -2.10. The number of methoxy groups -OCH3 is 1. The van der Waals surface area contributed by atoms with Gasteiger partial charge < -0.3 is 14.6 Å². The number of alkyl halides is 3. The maximum atomic E-state index is 12.8. The molecule has 1 aromatic heterocycles. The second kappa shape index (κ2) is 9.83. The first kappa shape index (κ1) is 23.9. The molecule has 170 valence electrons. The maximum absolute atomic E-state index is 12.8. The molecular formula is C22H20F3NO4S2. The highest BCUT2D eigenvalue weighted by molar-refractivity contribution is 7.98. The lowest BCUT2D eigenvalue weighted by atomic mass is 10.1. The van der Waals surface area contributed by atoms with Crippen molar-refractivity contribution in [3.63, 3.8) is 0 Å². The standard InChI is InChI=1S/C22H20F3NO4S2/c1-12-8-18(17(29-3)9-16(12)30-10-20(27)28)31-11-19-13(2)26-21(32-19)14-4-6-15(7-5-14)22(23,24)25/h4-9H,10-11H2,1-3H3,(H,27,28). The van der Waals surface area contributed by atoms with Crippen LogP contribution in [0, 0.1) is 13.8 Å².